The highest BCUT2D eigenvalue weighted by atomic mass is 35.5. The molecule has 3 heterocycles. The lowest BCUT2D eigenvalue weighted by Crippen LogP contribution is -2.35. The van der Waals surface area contributed by atoms with Crippen LogP contribution in [0.25, 0.3) is 22.0 Å². The van der Waals surface area contributed by atoms with E-state index >= 15 is 8.78 Å². The van der Waals surface area contributed by atoms with Crippen LogP contribution in [0.1, 0.15) is 92.3 Å². The second-order valence-electron chi connectivity index (χ2n) is 16.2. The summed E-state index contributed by atoms with van der Waals surface area (Å²) in [5, 5.41) is 10.6. The van der Waals surface area contributed by atoms with E-state index < -0.39 is 95.6 Å². The largest absolute Gasteiger partial charge is 0.346 e. The van der Waals surface area contributed by atoms with Gasteiger partial charge >= 0.3 is 0 Å². The first-order valence-electron chi connectivity index (χ1n) is 19.5. The molecule has 0 bridgehead atoms. The van der Waals surface area contributed by atoms with E-state index in [2.05, 4.69) is 32.1 Å². The van der Waals surface area contributed by atoms with Crippen molar-refractivity contribution < 1.29 is 48.0 Å². The number of sulfonamides is 1. The Kier molecular flexibility index (Phi) is 10.7. The van der Waals surface area contributed by atoms with Crippen LogP contribution < -0.4 is 10.0 Å². The van der Waals surface area contributed by atoms with Crippen LogP contribution in [-0.2, 0) is 50.6 Å². The van der Waals surface area contributed by atoms with Crippen LogP contribution in [0.2, 0.25) is 5.02 Å². The number of carbonyl (C=O) groups is 1. The molecule has 0 unspecified atom stereocenters. The molecule has 3 aromatic heterocycles. The Labute approximate surface area is 357 Å². The lowest BCUT2D eigenvalue weighted by atomic mass is 9.93. The monoisotopic (exact) mass is 921 g/mol. The first-order valence-corrected chi connectivity index (χ1v) is 23.1. The number of hydrogen-bond donors (Lipinski definition) is 2. The number of alkyl halides is 4. The zero-order valence-corrected chi connectivity index (χ0v) is 35.8. The maximum Gasteiger partial charge on any atom is 0.293 e. The number of anilines is 1. The molecule has 5 aromatic rings. The summed E-state index contributed by atoms with van der Waals surface area (Å²) in [6, 6.07) is 7.30. The number of pyridine rings is 1. The Bertz CT molecular complexity index is 2960. The minimum absolute atomic E-state index is 0.00184. The molecule has 3 aliphatic carbocycles. The fourth-order valence-electron chi connectivity index (χ4n) is 8.14. The molecule has 3 atom stereocenters. The number of sulfone groups is 1. The number of benzene rings is 2. The van der Waals surface area contributed by atoms with E-state index in [-0.39, 0.29) is 68.4 Å². The van der Waals surface area contributed by atoms with Crippen molar-refractivity contribution in [3.63, 3.8) is 0 Å². The van der Waals surface area contributed by atoms with Crippen molar-refractivity contribution in [2.24, 2.45) is 13.0 Å². The molecule has 0 aliphatic heterocycles. The molecule has 21 heteroatoms. The van der Waals surface area contributed by atoms with Gasteiger partial charge in [-0.05, 0) is 94.2 Å². The van der Waals surface area contributed by atoms with Crippen LogP contribution in [0.5, 0.6) is 0 Å². The standard InChI is InChI=1S/C41H38ClF6N7O5S2/c1-5-61(57,58)53-39-33-29(42)11-10-26(36(33)54(4)52-39)25-9-6-23(12-13-40(2,3)62(59,60)24-7-8-24)49-34(25)30(16-20-14-21(43)17-22(44)15-20)50-31(56)19-55-37-32(35(51-55)38(45)46)27-18-28(27)41(37,47)48/h6,9-11,14-15,17,24,27-28,30,38H,5,7-8,16,18-19H2,1-4H3,(H,50,56)(H,52,53)/t27-,28+,30-/m0/s1. The molecule has 0 radical (unpaired) electrons. The number of carbonyl (C=O) groups excluding carboxylic acids is 1. The Morgan fingerprint density at radius 3 is 2.34 bits per heavy atom. The highest BCUT2D eigenvalue weighted by Gasteiger charge is 2.67. The summed E-state index contributed by atoms with van der Waals surface area (Å²) in [6.45, 7) is 3.39. The van der Waals surface area contributed by atoms with Crippen molar-refractivity contribution in [1.82, 2.24) is 29.9 Å². The van der Waals surface area contributed by atoms with Crippen molar-refractivity contribution in [3.8, 4) is 23.0 Å². The van der Waals surface area contributed by atoms with Gasteiger partial charge < -0.3 is 5.32 Å². The summed E-state index contributed by atoms with van der Waals surface area (Å²) in [6.07, 6.45) is -2.58. The molecule has 2 saturated carbocycles. The van der Waals surface area contributed by atoms with Gasteiger partial charge in [-0.3, -0.25) is 18.9 Å². The van der Waals surface area contributed by atoms with Gasteiger partial charge in [0.15, 0.2) is 15.7 Å². The predicted molar refractivity (Wildman–Crippen MR) is 218 cm³/mol. The molecule has 8 rings (SSSR count). The molecule has 2 N–H and O–H groups in total. The molecule has 3 aliphatic rings. The number of nitrogens with zero attached hydrogens (tertiary/aromatic N) is 5. The topological polar surface area (TPSA) is 158 Å². The van der Waals surface area contributed by atoms with Crippen molar-refractivity contribution in [2.45, 2.75) is 87.3 Å². The molecule has 0 saturated heterocycles. The smallest absolute Gasteiger partial charge is 0.293 e. The van der Waals surface area contributed by atoms with E-state index in [4.69, 9.17) is 16.6 Å². The van der Waals surface area contributed by atoms with Crippen molar-refractivity contribution >= 4 is 54.1 Å². The molecular formula is C41H38ClF6N7O5S2. The molecular weight excluding hydrogens is 884 g/mol. The lowest BCUT2D eigenvalue weighted by Gasteiger charge is -2.23. The van der Waals surface area contributed by atoms with Gasteiger partial charge in [0.25, 0.3) is 12.3 Å². The lowest BCUT2D eigenvalue weighted by molar-refractivity contribution is -0.123. The number of rotatable bonds is 13. The van der Waals surface area contributed by atoms with Gasteiger partial charge in [-0.2, -0.15) is 19.0 Å². The van der Waals surface area contributed by atoms with E-state index in [1.807, 2.05) is 0 Å². The molecule has 1 amide bonds. The van der Waals surface area contributed by atoms with Crippen LogP contribution in [0.3, 0.4) is 0 Å². The minimum atomic E-state index is -3.86. The fraction of sp³-hybridized carbons (Fsp3) is 0.415. The van der Waals surface area contributed by atoms with E-state index in [1.54, 1.807) is 6.07 Å². The van der Waals surface area contributed by atoms with Crippen LogP contribution in [-0.4, -0.2) is 63.0 Å². The zero-order chi connectivity index (χ0) is 44.8. The van der Waals surface area contributed by atoms with E-state index in [9.17, 15) is 39.2 Å². The predicted octanol–water partition coefficient (Wildman–Crippen LogP) is 7.48. The van der Waals surface area contributed by atoms with Crippen molar-refractivity contribution in [1.29, 1.82) is 0 Å². The second kappa shape index (κ2) is 15.3. The maximum absolute atomic E-state index is 15.5. The van der Waals surface area contributed by atoms with Gasteiger partial charge in [-0.25, -0.2) is 39.4 Å². The maximum atomic E-state index is 15.5. The number of aromatic nitrogens is 5. The molecule has 2 aromatic carbocycles. The van der Waals surface area contributed by atoms with Crippen LogP contribution >= 0.6 is 11.6 Å². The Morgan fingerprint density at radius 1 is 1.02 bits per heavy atom. The summed E-state index contributed by atoms with van der Waals surface area (Å²) < 4.78 is 143. The highest BCUT2D eigenvalue weighted by Crippen LogP contribution is 2.68. The molecule has 2 fully saturated rings. The number of halogens is 7. The fourth-order valence-corrected chi connectivity index (χ4v) is 10.7. The SMILES string of the molecule is CCS(=O)(=O)Nc1nn(C)c2c(-c3ccc(C#CC(C)(C)S(=O)(=O)C4CC4)nc3[C@H](Cc3cc(F)cc(F)c3)NC(=O)Cn3nc(C(F)F)c4c3C(F)(F)[C@@H]3C[C@H]43)ccc(Cl)c12. The molecule has 12 nitrogen and oxygen atoms in total. The number of hydrogen-bond acceptors (Lipinski definition) is 8. The summed E-state index contributed by atoms with van der Waals surface area (Å²) in [5.41, 5.74) is -1.08. The van der Waals surface area contributed by atoms with Gasteiger partial charge in [-0.1, -0.05) is 23.6 Å². The average molecular weight is 922 g/mol. The quantitative estimate of drug-likeness (QED) is 0.0910. The first kappa shape index (κ1) is 43.5. The number of fused-ring (bicyclic) bond motifs is 4. The third kappa shape index (κ3) is 7.80. The second-order valence-corrected chi connectivity index (χ2v) is 21.4. The zero-order valence-electron chi connectivity index (χ0n) is 33.4. The summed E-state index contributed by atoms with van der Waals surface area (Å²) in [5.74, 6) is -3.24. The third-order valence-corrected chi connectivity index (χ3v) is 15.9. The Balaban J connectivity index is 1.29. The van der Waals surface area contributed by atoms with Crippen LogP contribution in [0, 0.1) is 29.4 Å². The number of aryl methyl sites for hydroxylation is 1. The van der Waals surface area contributed by atoms with Gasteiger partial charge in [0, 0.05) is 35.7 Å². The first-order chi connectivity index (χ1) is 29.0. The highest BCUT2D eigenvalue weighted by molar-refractivity contribution is 7.94. The number of nitrogens with one attached hydrogen (secondary N) is 2. The normalized spacial score (nSPS) is 18.6. The molecule has 62 heavy (non-hydrogen) atoms. The molecule has 0 spiro atoms. The van der Waals surface area contributed by atoms with Gasteiger partial charge in [0.2, 0.25) is 15.9 Å². The van der Waals surface area contributed by atoms with Crippen LogP contribution in [0.4, 0.5) is 32.2 Å². The Hall–Kier alpha value is -5.13. The van der Waals surface area contributed by atoms with Crippen LogP contribution in [0.15, 0.2) is 42.5 Å². The van der Waals surface area contributed by atoms with Gasteiger partial charge in [0.1, 0.15) is 40.0 Å². The van der Waals surface area contributed by atoms with Crippen molar-refractivity contribution in [3.05, 3.63) is 93.0 Å². The Morgan fingerprint density at radius 2 is 1.69 bits per heavy atom. The summed E-state index contributed by atoms with van der Waals surface area (Å²) in [4.78, 5) is 18.8. The molecule has 328 valence electrons. The minimum Gasteiger partial charge on any atom is -0.346 e. The van der Waals surface area contributed by atoms with Gasteiger partial charge in [-0.15, -0.1) is 0 Å². The van der Waals surface area contributed by atoms with Crippen molar-refractivity contribution in [2.75, 3.05) is 10.5 Å². The van der Waals surface area contributed by atoms with E-state index in [0.717, 1.165) is 12.1 Å². The average Bonchev–Trinajstić information content (AvgIpc) is 4.11. The van der Waals surface area contributed by atoms with E-state index in [0.29, 0.717) is 29.2 Å². The third-order valence-electron chi connectivity index (χ3n) is 11.4. The summed E-state index contributed by atoms with van der Waals surface area (Å²) >= 11 is 6.65. The van der Waals surface area contributed by atoms with Gasteiger partial charge in [0.05, 0.1) is 38.7 Å². The van der Waals surface area contributed by atoms with E-state index in [1.165, 1.54) is 50.7 Å². The summed E-state index contributed by atoms with van der Waals surface area (Å²) in [7, 11) is -6.02. The number of amides is 1.